The van der Waals surface area contributed by atoms with Crippen LogP contribution in [-0.2, 0) is 6.54 Å². The highest BCUT2D eigenvalue weighted by Crippen LogP contribution is 2.16. The van der Waals surface area contributed by atoms with E-state index in [2.05, 4.69) is 9.88 Å². The van der Waals surface area contributed by atoms with E-state index < -0.39 is 0 Å². The van der Waals surface area contributed by atoms with Gasteiger partial charge in [0.15, 0.2) is 0 Å². The van der Waals surface area contributed by atoms with Crippen molar-refractivity contribution in [1.82, 2.24) is 4.98 Å². The maximum atomic E-state index is 5.66. The summed E-state index contributed by atoms with van der Waals surface area (Å²) in [5, 5.41) is 0. The fourth-order valence-corrected chi connectivity index (χ4v) is 1.40. The molecular formula is C11H13N3O. The van der Waals surface area contributed by atoms with Crippen LogP contribution in [0.1, 0.15) is 5.56 Å². The molecule has 2 aromatic heterocycles. The molecule has 2 heterocycles. The van der Waals surface area contributed by atoms with Crippen molar-refractivity contribution in [1.29, 1.82) is 0 Å². The molecule has 2 aromatic rings. The van der Waals surface area contributed by atoms with Gasteiger partial charge in [0, 0.05) is 25.4 Å². The first-order chi connectivity index (χ1) is 7.25. The van der Waals surface area contributed by atoms with Crippen molar-refractivity contribution in [2.75, 3.05) is 17.7 Å². The smallest absolute Gasteiger partial charge is 0.0952 e. The summed E-state index contributed by atoms with van der Waals surface area (Å²) in [7, 11) is 1.99. The fraction of sp³-hybridized carbons (Fsp3) is 0.182. The molecule has 0 amide bonds. The zero-order chi connectivity index (χ0) is 10.7. The first-order valence-corrected chi connectivity index (χ1v) is 4.68. The van der Waals surface area contributed by atoms with Gasteiger partial charge in [0.05, 0.1) is 30.1 Å². The van der Waals surface area contributed by atoms with E-state index in [-0.39, 0.29) is 0 Å². The summed E-state index contributed by atoms with van der Waals surface area (Å²) in [5.74, 6) is 0. The Kier molecular flexibility index (Phi) is 2.58. The maximum absolute atomic E-state index is 5.66. The quantitative estimate of drug-likeness (QED) is 0.827. The minimum Gasteiger partial charge on any atom is -0.472 e. The summed E-state index contributed by atoms with van der Waals surface area (Å²) in [6.07, 6.45) is 6.82. The third-order valence-corrected chi connectivity index (χ3v) is 2.19. The zero-order valence-electron chi connectivity index (χ0n) is 8.55. The van der Waals surface area contributed by atoms with E-state index in [9.17, 15) is 0 Å². The standard InChI is InChI=1S/C11H13N3O/c1-14(7-9-2-3-15-8-9)11-4-10(12)5-13-6-11/h2-6,8H,7,12H2,1H3. The van der Waals surface area contributed by atoms with Gasteiger partial charge in [-0.1, -0.05) is 0 Å². The molecule has 0 saturated carbocycles. The highest BCUT2D eigenvalue weighted by Gasteiger charge is 2.03. The lowest BCUT2D eigenvalue weighted by molar-refractivity contribution is 0.563. The lowest BCUT2D eigenvalue weighted by atomic mass is 10.3. The topological polar surface area (TPSA) is 55.3 Å². The number of nitrogens with two attached hydrogens (primary N) is 1. The van der Waals surface area contributed by atoms with Gasteiger partial charge in [0.25, 0.3) is 0 Å². The van der Waals surface area contributed by atoms with Crippen LogP contribution in [-0.4, -0.2) is 12.0 Å². The third-order valence-electron chi connectivity index (χ3n) is 2.19. The summed E-state index contributed by atoms with van der Waals surface area (Å²) in [5.41, 5.74) is 8.46. The largest absolute Gasteiger partial charge is 0.472 e. The Hall–Kier alpha value is -1.97. The molecule has 0 aliphatic carbocycles. The molecule has 2 rings (SSSR count). The van der Waals surface area contributed by atoms with E-state index in [0.29, 0.717) is 5.69 Å². The van der Waals surface area contributed by atoms with E-state index in [4.69, 9.17) is 10.2 Å². The van der Waals surface area contributed by atoms with Crippen molar-refractivity contribution in [3.8, 4) is 0 Å². The molecule has 0 saturated heterocycles. The van der Waals surface area contributed by atoms with Crippen LogP contribution in [0.5, 0.6) is 0 Å². The van der Waals surface area contributed by atoms with Crippen molar-refractivity contribution >= 4 is 11.4 Å². The summed E-state index contributed by atoms with van der Waals surface area (Å²) < 4.78 is 5.01. The minimum atomic E-state index is 0.673. The molecule has 0 unspecified atom stereocenters. The number of furan rings is 1. The van der Waals surface area contributed by atoms with Gasteiger partial charge < -0.3 is 15.1 Å². The molecule has 0 bridgehead atoms. The van der Waals surface area contributed by atoms with Crippen LogP contribution in [0.15, 0.2) is 41.5 Å². The normalized spacial score (nSPS) is 10.2. The Morgan fingerprint density at radius 2 is 2.33 bits per heavy atom. The summed E-state index contributed by atoms with van der Waals surface area (Å²) >= 11 is 0. The van der Waals surface area contributed by atoms with Crippen molar-refractivity contribution < 1.29 is 4.42 Å². The van der Waals surface area contributed by atoms with Gasteiger partial charge in [0.1, 0.15) is 0 Å². The Labute approximate surface area is 88.3 Å². The molecule has 0 spiro atoms. The molecule has 0 aliphatic rings. The van der Waals surface area contributed by atoms with Gasteiger partial charge in [-0.2, -0.15) is 0 Å². The maximum Gasteiger partial charge on any atom is 0.0952 e. The predicted octanol–water partition coefficient (Wildman–Crippen LogP) is 1.89. The van der Waals surface area contributed by atoms with E-state index >= 15 is 0 Å². The van der Waals surface area contributed by atoms with Crippen LogP contribution < -0.4 is 10.6 Å². The number of hydrogen-bond donors (Lipinski definition) is 1. The third kappa shape index (κ3) is 2.28. The Morgan fingerprint density at radius 3 is 3.00 bits per heavy atom. The molecule has 78 valence electrons. The second-order valence-electron chi connectivity index (χ2n) is 3.46. The molecule has 4 nitrogen and oxygen atoms in total. The Morgan fingerprint density at radius 1 is 1.47 bits per heavy atom. The second-order valence-corrected chi connectivity index (χ2v) is 3.46. The Balaban J connectivity index is 2.11. The van der Waals surface area contributed by atoms with Gasteiger partial charge in [0.2, 0.25) is 0 Å². The van der Waals surface area contributed by atoms with Crippen molar-refractivity contribution in [3.63, 3.8) is 0 Å². The molecule has 0 fully saturated rings. The van der Waals surface area contributed by atoms with Crippen LogP contribution >= 0.6 is 0 Å². The van der Waals surface area contributed by atoms with Crippen LogP contribution in [0.4, 0.5) is 11.4 Å². The molecule has 0 aliphatic heterocycles. The average Bonchev–Trinajstić information content (AvgIpc) is 2.70. The number of nitrogens with zero attached hydrogens (tertiary/aromatic N) is 2. The number of anilines is 2. The van der Waals surface area contributed by atoms with Crippen LogP contribution in [0.25, 0.3) is 0 Å². The lowest BCUT2D eigenvalue weighted by Gasteiger charge is -2.17. The molecule has 0 radical (unpaired) electrons. The molecule has 0 atom stereocenters. The zero-order valence-corrected chi connectivity index (χ0v) is 8.55. The van der Waals surface area contributed by atoms with Crippen molar-refractivity contribution in [2.45, 2.75) is 6.54 Å². The second kappa shape index (κ2) is 4.04. The van der Waals surface area contributed by atoms with Crippen LogP contribution in [0.3, 0.4) is 0 Å². The molecular weight excluding hydrogens is 190 g/mol. The number of pyridine rings is 1. The van der Waals surface area contributed by atoms with Gasteiger partial charge in [-0.05, 0) is 12.1 Å². The summed E-state index contributed by atoms with van der Waals surface area (Å²) in [6.45, 7) is 0.779. The minimum absolute atomic E-state index is 0.673. The molecule has 15 heavy (non-hydrogen) atoms. The summed E-state index contributed by atoms with van der Waals surface area (Å²) in [4.78, 5) is 6.11. The van der Waals surface area contributed by atoms with Crippen LogP contribution in [0, 0.1) is 0 Å². The highest BCUT2D eigenvalue weighted by atomic mass is 16.3. The fourth-order valence-electron chi connectivity index (χ4n) is 1.40. The van der Waals surface area contributed by atoms with E-state index in [1.165, 1.54) is 0 Å². The van der Waals surface area contributed by atoms with Crippen LogP contribution in [0.2, 0.25) is 0 Å². The lowest BCUT2D eigenvalue weighted by Crippen LogP contribution is -2.16. The van der Waals surface area contributed by atoms with E-state index in [1.807, 2.05) is 19.2 Å². The molecule has 2 N–H and O–H groups in total. The highest BCUT2D eigenvalue weighted by molar-refractivity contribution is 5.52. The number of hydrogen-bond acceptors (Lipinski definition) is 4. The first kappa shape index (κ1) is 9.58. The predicted molar refractivity (Wildman–Crippen MR) is 59.5 cm³/mol. The van der Waals surface area contributed by atoms with E-state index in [0.717, 1.165) is 17.8 Å². The SMILES string of the molecule is CN(Cc1ccoc1)c1cncc(N)c1. The van der Waals surface area contributed by atoms with Gasteiger partial charge in [-0.3, -0.25) is 4.98 Å². The number of nitrogen functional groups attached to an aromatic ring is 1. The first-order valence-electron chi connectivity index (χ1n) is 4.68. The monoisotopic (exact) mass is 203 g/mol. The number of rotatable bonds is 3. The number of aromatic nitrogens is 1. The van der Waals surface area contributed by atoms with Gasteiger partial charge >= 0.3 is 0 Å². The van der Waals surface area contributed by atoms with Crippen molar-refractivity contribution in [2.24, 2.45) is 0 Å². The van der Waals surface area contributed by atoms with Gasteiger partial charge in [-0.15, -0.1) is 0 Å². The van der Waals surface area contributed by atoms with Gasteiger partial charge in [-0.25, -0.2) is 0 Å². The molecule has 4 heteroatoms. The van der Waals surface area contributed by atoms with Crippen molar-refractivity contribution in [3.05, 3.63) is 42.6 Å². The Bertz CT molecular complexity index is 425. The summed E-state index contributed by atoms with van der Waals surface area (Å²) in [6, 6.07) is 3.84. The molecule has 0 aromatic carbocycles. The average molecular weight is 203 g/mol. The van der Waals surface area contributed by atoms with E-state index in [1.54, 1.807) is 24.9 Å².